The van der Waals surface area contributed by atoms with Crippen molar-refractivity contribution in [2.45, 2.75) is 58.6 Å². The first-order valence-electron chi connectivity index (χ1n) is 7.11. The molecule has 1 aliphatic rings. The van der Waals surface area contributed by atoms with Crippen LogP contribution in [0.2, 0.25) is 0 Å². The van der Waals surface area contributed by atoms with Gasteiger partial charge in [-0.25, -0.2) is 0 Å². The van der Waals surface area contributed by atoms with Crippen LogP contribution in [0.3, 0.4) is 0 Å². The van der Waals surface area contributed by atoms with E-state index in [0.717, 1.165) is 19.7 Å². The van der Waals surface area contributed by atoms with Gasteiger partial charge in [0.15, 0.2) is 0 Å². The molecule has 0 amide bonds. The fraction of sp³-hybridized carbons (Fsp3) is 1.00. The molecule has 1 heterocycles. The van der Waals surface area contributed by atoms with Crippen molar-refractivity contribution < 1.29 is 4.74 Å². The molecular formula is C14H30N2O. The minimum absolute atomic E-state index is 0.00432. The molecule has 0 saturated carbocycles. The second-order valence-corrected chi connectivity index (χ2v) is 6.05. The lowest BCUT2D eigenvalue weighted by atomic mass is 10.1. The monoisotopic (exact) mass is 242 g/mol. The number of likely N-dealkylation sites (tertiary alicyclic amines) is 1. The molecule has 1 N–H and O–H groups in total. The first kappa shape index (κ1) is 14.9. The van der Waals surface area contributed by atoms with E-state index >= 15 is 0 Å². The molecule has 1 aliphatic heterocycles. The minimum atomic E-state index is -0.00432. The Bertz CT molecular complexity index is 201. The fourth-order valence-electron chi connectivity index (χ4n) is 2.25. The highest BCUT2D eigenvalue weighted by molar-refractivity contribution is 4.78. The third kappa shape index (κ3) is 7.02. The number of nitrogens with one attached hydrogen (secondary N) is 1. The molecule has 17 heavy (non-hydrogen) atoms. The van der Waals surface area contributed by atoms with Crippen LogP contribution in [0.25, 0.3) is 0 Å². The molecule has 102 valence electrons. The first-order valence-corrected chi connectivity index (χ1v) is 7.11. The normalized spacial score (nSPS) is 22.9. The van der Waals surface area contributed by atoms with E-state index in [9.17, 15) is 0 Å². The van der Waals surface area contributed by atoms with Gasteiger partial charge in [0.05, 0.1) is 12.2 Å². The standard InChI is InChI=1S/C14H30N2O/c1-5-8-15-13-7-6-9-16(12-13)10-11-17-14(2,3)4/h13,15H,5-12H2,1-4H3. The maximum absolute atomic E-state index is 5.79. The van der Waals surface area contributed by atoms with Crippen molar-refractivity contribution in [1.29, 1.82) is 0 Å². The van der Waals surface area contributed by atoms with Crippen molar-refractivity contribution in [3.05, 3.63) is 0 Å². The van der Waals surface area contributed by atoms with Crippen molar-refractivity contribution >= 4 is 0 Å². The second kappa shape index (κ2) is 7.34. The highest BCUT2D eigenvalue weighted by Gasteiger charge is 2.19. The topological polar surface area (TPSA) is 24.5 Å². The highest BCUT2D eigenvalue weighted by atomic mass is 16.5. The van der Waals surface area contributed by atoms with Crippen molar-refractivity contribution in [1.82, 2.24) is 10.2 Å². The third-order valence-electron chi connectivity index (χ3n) is 3.13. The Morgan fingerprint density at radius 3 is 2.76 bits per heavy atom. The Hall–Kier alpha value is -0.120. The van der Waals surface area contributed by atoms with E-state index in [1.807, 2.05) is 0 Å². The zero-order valence-corrected chi connectivity index (χ0v) is 12.1. The van der Waals surface area contributed by atoms with Gasteiger partial charge in [-0.15, -0.1) is 0 Å². The number of nitrogens with zero attached hydrogens (tertiary/aromatic N) is 1. The van der Waals surface area contributed by atoms with Crippen LogP contribution in [0.1, 0.15) is 47.0 Å². The smallest absolute Gasteiger partial charge is 0.0600 e. The maximum atomic E-state index is 5.79. The summed E-state index contributed by atoms with van der Waals surface area (Å²) in [7, 11) is 0. The van der Waals surface area contributed by atoms with Crippen LogP contribution in [-0.2, 0) is 4.74 Å². The molecule has 0 bridgehead atoms. The molecule has 0 aromatic carbocycles. The predicted octanol–water partition coefficient (Wildman–Crippen LogP) is 2.27. The average molecular weight is 242 g/mol. The van der Waals surface area contributed by atoms with Crippen molar-refractivity contribution in [2.24, 2.45) is 0 Å². The Labute approximate surface area is 107 Å². The van der Waals surface area contributed by atoms with Gasteiger partial charge in [-0.1, -0.05) is 6.92 Å². The SMILES string of the molecule is CCCNC1CCCN(CCOC(C)(C)C)C1. The number of hydrogen-bond donors (Lipinski definition) is 1. The van der Waals surface area contributed by atoms with Crippen LogP contribution in [0.15, 0.2) is 0 Å². The summed E-state index contributed by atoms with van der Waals surface area (Å²) in [5.41, 5.74) is -0.00432. The Kier molecular flexibility index (Phi) is 6.45. The summed E-state index contributed by atoms with van der Waals surface area (Å²) < 4.78 is 5.79. The lowest BCUT2D eigenvalue weighted by Crippen LogP contribution is -2.47. The molecule has 1 atom stereocenters. The molecule has 1 fully saturated rings. The van der Waals surface area contributed by atoms with Gasteiger partial charge in [0, 0.05) is 19.1 Å². The number of piperidine rings is 1. The lowest BCUT2D eigenvalue weighted by Gasteiger charge is -2.33. The van der Waals surface area contributed by atoms with Crippen LogP contribution in [0.4, 0.5) is 0 Å². The van der Waals surface area contributed by atoms with E-state index in [0.29, 0.717) is 6.04 Å². The molecule has 1 rings (SSSR count). The molecule has 0 aromatic rings. The highest BCUT2D eigenvalue weighted by Crippen LogP contribution is 2.11. The van der Waals surface area contributed by atoms with Crippen LogP contribution >= 0.6 is 0 Å². The number of ether oxygens (including phenoxy) is 1. The van der Waals surface area contributed by atoms with Crippen LogP contribution in [-0.4, -0.2) is 49.3 Å². The van der Waals surface area contributed by atoms with E-state index in [1.54, 1.807) is 0 Å². The van der Waals surface area contributed by atoms with E-state index in [2.05, 4.69) is 37.9 Å². The zero-order valence-electron chi connectivity index (χ0n) is 12.1. The van der Waals surface area contributed by atoms with Crippen molar-refractivity contribution in [3.63, 3.8) is 0 Å². The van der Waals surface area contributed by atoms with Gasteiger partial charge in [-0.3, -0.25) is 4.90 Å². The summed E-state index contributed by atoms with van der Waals surface area (Å²) in [5, 5.41) is 3.63. The van der Waals surface area contributed by atoms with Gasteiger partial charge >= 0.3 is 0 Å². The fourth-order valence-corrected chi connectivity index (χ4v) is 2.25. The second-order valence-electron chi connectivity index (χ2n) is 6.05. The quantitative estimate of drug-likeness (QED) is 0.773. The maximum Gasteiger partial charge on any atom is 0.0600 e. The number of rotatable bonds is 6. The molecule has 3 heteroatoms. The van der Waals surface area contributed by atoms with E-state index in [1.165, 1.54) is 32.4 Å². The molecule has 0 spiro atoms. The van der Waals surface area contributed by atoms with Crippen LogP contribution < -0.4 is 5.32 Å². The third-order valence-corrected chi connectivity index (χ3v) is 3.13. The van der Waals surface area contributed by atoms with Crippen molar-refractivity contribution in [3.8, 4) is 0 Å². The summed E-state index contributed by atoms with van der Waals surface area (Å²) in [6.07, 6.45) is 3.87. The molecule has 1 unspecified atom stereocenters. The summed E-state index contributed by atoms with van der Waals surface area (Å²) in [4.78, 5) is 2.53. The largest absolute Gasteiger partial charge is 0.375 e. The summed E-state index contributed by atoms with van der Waals surface area (Å²) >= 11 is 0. The summed E-state index contributed by atoms with van der Waals surface area (Å²) in [5.74, 6) is 0. The summed E-state index contributed by atoms with van der Waals surface area (Å²) in [6, 6.07) is 0.693. The Morgan fingerprint density at radius 2 is 2.12 bits per heavy atom. The Morgan fingerprint density at radius 1 is 1.35 bits per heavy atom. The number of hydrogen-bond acceptors (Lipinski definition) is 3. The molecule has 0 aliphatic carbocycles. The van der Waals surface area contributed by atoms with Gasteiger partial charge in [-0.05, 0) is 53.1 Å². The molecule has 0 radical (unpaired) electrons. The molecule has 1 saturated heterocycles. The molecule has 0 aromatic heterocycles. The van der Waals surface area contributed by atoms with Gasteiger partial charge in [0.2, 0.25) is 0 Å². The van der Waals surface area contributed by atoms with Gasteiger partial charge in [-0.2, -0.15) is 0 Å². The van der Waals surface area contributed by atoms with Gasteiger partial charge < -0.3 is 10.1 Å². The predicted molar refractivity (Wildman–Crippen MR) is 73.5 cm³/mol. The first-order chi connectivity index (χ1) is 8.01. The van der Waals surface area contributed by atoms with Crippen molar-refractivity contribution in [2.75, 3.05) is 32.8 Å². The summed E-state index contributed by atoms with van der Waals surface area (Å²) in [6.45, 7) is 14.1. The molecular weight excluding hydrogens is 212 g/mol. The molecule has 3 nitrogen and oxygen atoms in total. The van der Waals surface area contributed by atoms with Crippen LogP contribution in [0.5, 0.6) is 0 Å². The van der Waals surface area contributed by atoms with Crippen LogP contribution in [0, 0.1) is 0 Å². The Balaban J connectivity index is 2.16. The zero-order chi connectivity index (χ0) is 12.7. The van der Waals surface area contributed by atoms with E-state index in [-0.39, 0.29) is 5.60 Å². The van der Waals surface area contributed by atoms with E-state index < -0.39 is 0 Å². The van der Waals surface area contributed by atoms with E-state index in [4.69, 9.17) is 4.74 Å². The minimum Gasteiger partial charge on any atom is -0.375 e. The van der Waals surface area contributed by atoms with Gasteiger partial charge in [0.25, 0.3) is 0 Å². The van der Waals surface area contributed by atoms with Gasteiger partial charge in [0.1, 0.15) is 0 Å². The average Bonchev–Trinajstić information content (AvgIpc) is 2.25. The lowest BCUT2D eigenvalue weighted by molar-refractivity contribution is -0.0159.